The number of nitrogens with zero attached hydrogens (tertiary/aromatic N) is 3. The number of aromatic amines is 1. The van der Waals surface area contributed by atoms with Gasteiger partial charge in [-0.15, -0.1) is 0 Å². The molecule has 0 radical (unpaired) electrons. The van der Waals surface area contributed by atoms with Crippen LogP contribution >= 0.6 is 0 Å². The van der Waals surface area contributed by atoms with Crippen molar-refractivity contribution >= 4 is 29.0 Å². The number of H-pyrrole nitrogens is 1. The molecule has 1 fully saturated rings. The highest BCUT2D eigenvalue weighted by Gasteiger charge is 2.27. The molecule has 1 aliphatic heterocycles. The number of rotatable bonds is 7. The minimum Gasteiger partial charge on any atom is -0.383 e. The van der Waals surface area contributed by atoms with E-state index >= 15 is 0 Å². The Morgan fingerprint density at radius 3 is 2.28 bits per heavy atom. The average molecular weight is 442 g/mol. The maximum atomic E-state index is 13.5. The van der Waals surface area contributed by atoms with Crippen molar-refractivity contribution in [3.8, 4) is 0 Å². The summed E-state index contributed by atoms with van der Waals surface area (Å²) in [4.78, 5) is 55.8. The fourth-order valence-corrected chi connectivity index (χ4v) is 3.89. The van der Waals surface area contributed by atoms with E-state index < -0.39 is 17.2 Å². The minimum atomic E-state index is -0.694. The third-order valence-electron chi connectivity index (χ3n) is 5.32. The number of nitrogen functional groups attached to an aromatic ring is 1. The Labute approximate surface area is 186 Å². The highest BCUT2D eigenvalue weighted by molar-refractivity contribution is 6.07. The largest absolute Gasteiger partial charge is 0.383 e. The van der Waals surface area contributed by atoms with Crippen molar-refractivity contribution in [2.45, 2.75) is 47.1 Å². The molecule has 0 aliphatic carbocycles. The molecule has 0 spiro atoms. The average Bonchev–Trinajstić information content (AvgIpc) is 3.15. The number of carbonyl (C=O) groups is 2. The molecule has 32 heavy (non-hydrogen) atoms. The summed E-state index contributed by atoms with van der Waals surface area (Å²) in [7, 11) is 0. The summed E-state index contributed by atoms with van der Waals surface area (Å²) < 4.78 is 1.30. The van der Waals surface area contributed by atoms with E-state index in [4.69, 9.17) is 5.73 Å². The van der Waals surface area contributed by atoms with Crippen LogP contribution in [0, 0.1) is 11.8 Å². The molecule has 1 aliphatic rings. The van der Waals surface area contributed by atoms with Crippen molar-refractivity contribution in [1.29, 1.82) is 0 Å². The first-order valence-corrected chi connectivity index (χ1v) is 10.9. The number of benzene rings is 1. The summed E-state index contributed by atoms with van der Waals surface area (Å²) in [5.41, 5.74) is 6.04. The maximum absolute atomic E-state index is 13.5. The number of amides is 2. The van der Waals surface area contributed by atoms with Gasteiger partial charge in [-0.2, -0.15) is 0 Å². The molecule has 0 unspecified atom stereocenters. The molecule has 9 nitrogen and oxygen atoms in total. The zero-order valence-corrected chi connectivity index (χ0v) is 19.1. The predicted octanol–water partition coefficient (Wildman–Crippen LogP) is 2.20. The van der Waals surface area contributed by atoms with E-state index in [9.17, 15) is 19.2 Å². The van der Waals surface area contributed by atoms with E-state index in [1.54, 1.807) is 29.2 Å². The second-order valence-electron chi connectivity index (χ2n) is 9.00. The summed E-state index contributed by atoms with van der Waals surface area (Å²) in [6.45, 7) is 8.94. The molecule has 1 saturated heterocycles. The van der Waals surface area contributed by atoms with Crippen LogP contribution in [0.5, 0.6) is 0 Å². The number of aromatic nitrogens is 2. The highest BCUT2D eigenvalue weighted by atomic mass is 16.2. The molecule has 0 saturated carbocycles. The molecule has 0 atom stereocenters. The number of hydrogen-bond donors (Lipinski definition) is 2. The lowest BCUT2D eigenvalue weighted by atomic mass is 10.1. The zero-order chi connectivity index (χ0) is 23.6. The van der Waals surface area contributed by atoms with Crippen LogP contribution in [0.4, 0.5) is 17.2 Å². The summed E-state index contributed by atoms with van der Waals surface area (Å²) in [5, 5.41) is 0. The van der Waals surface area contributed by atoms with Crippen LogP contribution in [-0.2, 0) is 11.3 Å². The normalized spacial score (nSPS) is 13.9. The molecule has 172 valence electrons. The fourth-order valence-electron chi connectivity index (χ4n) is 3.89. The van der Waals surface area contributed by atoms with Gasteiger partial charge in [-0.3, -0.25) is 23.9 Å². The number of carbonyl (C=O) groups excluding carboxylic acids is 2. The van der Waals surface area contributed by atoms with Crippen LogP contribution in [0.1, 0.15) is 50.9 Å². The van der Waals surface area contributed by atoms with Crippen molar-refractivity contribution in [3.63, 3.8) is 0 Å². The molecule has 2 amide bonds. The van der Waals surface area contributed by atoms with Crippen LogP contribution < -0.4 is 26.8 Å². The number of anilines is 3. The van der Waals surface area contributed by atoms with E-state index in [1.165, 1.54) is 9.47 Å². The monoisotopic (exact) mass is 441 g/mol. The first kappa shape index (κ1) is 23.3. The van der Waals surface area contributed by atoms with Gasteiger partial charge in [0, 0.05) is 37.3 Å². The molecule has 0 bridgehead atoms. The standard InChI is InChI=1S/C23H31N5O4/c1-14(2)12-27(19-20(24)28(13-15(3)4)23(32)25-21(19)30)22(31)16-7-9-17(10-8-16)26-11-5-6-18(26)29/h7-10,14-15H,5-6,11-13,24H2,1-4H3,(H,25,30,32). The van der Waals surface area contributed by atoms with Crippen molar-refractivity contribution < 1.29 is 9.59 Å². The Balaban J connectivity index is 2.02. The fraction of sp³-hybridized carbons (Fsp3) is 0.478. The molecule has 2 heterocycles. The Bertz CT molecular complexity index is 1110. The molecule has 3 N–H and O–H groups in total. The Hall–Kier alpha value is -3.36. The number of nitrogens with two attached hydrogens (primary N) is 1. The Kier molecular flexibility index (Phi) is 6.86. The quantitative estimate of drug-likeness (QED) is 0.682. The second-order valence-corrected chi connectivity index (χ2v) is 9.00. The Morgan fingerprint density at radius 1 is 1.09 bits per heavy atom. The van der Waals surface area contributed by atoms with Crippen LogP contribution in [0.3, 0.4) is 0 Å². The first-order chi connectivity index (χ1) is 15.1. The lowest BCUT2D eigenvalue weighted by Crippen LogP contribution is -2.43. The van der Waals surface area contributed by atoms with Gasteiger partial charge >= 0.3 is 5.69 Å². The SMILES string of the molecule is CC(C)CN(C(=O)c1ccc(N2CCCC2=O)cc1)c1c(N)n(CC(C)C)c(=O)[nH]c1=O. The lowest BCUT2D eigenvalue weighted by Gasteiger charge is -2.26. The molecule has 1 aromatic heterocycles. The lowest BCUT2D eigenvalue weighted by molar-refractivity contribution is -0.117. The molecular weight excluding hydrogens is 410 g/mol. The van der Waals surface area contributed by atoms with Crippen LogP contribution in [0.2, 0.25) is 0 Å². The maximum Gasteiger partial charge on any atom is 0.330 e. The van der Waals surface area contributed by atoms with E-state index in [0.717, 1.165) is 12.1 Å². The van der Waals surface area contributed by atoms with Gasteiger partial charge in [0.15, 0.2) is 5.69 Å². The highest BCUT2D eigenvalue weighted by Crippen LogP contribution is 2.25. The van der Waals surface area contributed by atoms with Crippen molar-refractivity contribution in [2.75, 3.05) is 28.6 Å². The molecule has 1 aromatic carbocycles. The molecule has 3 rings (SSSR count). The van der Waals surface area contributed by atoms with Crippen LogP contribution in [-0.4, -0.2) is 34.5 Å². The van der Waals surface area contributed by atoms with Gasteiger partial charge in [-0.1, -0.05) is 27.7 Å². The van der Waals surface area contributed by atoms with Gasteiger partial charge in [-0.25, -0.2) is 4.79 Å². The van der Waals surface area contributed by atoms with E-state index in [0.29, 0.717) is 25.1 Å². The predicted molar refractivity (Wildman–Crippen MR) is 125 cm³/mol. The van der Waals surface area contributed by atoms with E-state index in [-0.39, 0.29) is 35.8 Å². The van der Waals surface area contributed by atoms with Crippen LogP contribution in [0.15, 0.2) is 33.9 Å². The third-order valence-corrected chi connectivity index (χ3v) is 5.32. The summed E-state index contributed by atoms with van der Waals surface area (Å²) in [6, 6.07) is 6.75. The molecule has 2 aromatic rings. The van der Waals surface area contributed by atoms with Gasteiger partial charge in [0.1, 0.15) is 5.82 Å². The topological polar surface area (TPSA) is 121 Å². The van der Waals surface area contributed by atoms with Gasteiger partial charge in [0.25, 0.3) is 11.5 Å². The third kappa shape index (κ3) is 4.76. The number of nitrogens with one attached hydrogen (secondary N) is 1. The Morgan fingerprint density at radius 2 is 1.75 bits per heavy atom. The zero-order valence-electron chi connectivity index (χ0n) is 19.1. The second kappa shape index (κ2) is 9.42. The minimum absolute atomic E-state index is 0.0252. The van der Waals surface area contributed by atoms with Crippen molar-refractivity contribution in [2.24, 2.45) is 11.8 Å². The van der Waals surface area contributed by atoms with Crippen molar-refractivity contribution in [3.05, 3.63) is 50.7 Å². The molecular formula is C23H31N5O4. The first-order valence-electron chi connectivity index (χ1n) is 10.9. The summed E-state index contributed by atoms with van der Waals surface area (Å²) in [5.74, 6) is -0.198. The van der Waals surface area contributed by atoms with Crippen LogP contribution in [0.25, 0.3) is 0 Å². The van der Waals surface area contributed by atoms with Crippen molar-refractivity contribution in [1.82, 2.24) is 9.55 Å². The summed E-state index contributed by atoms with van der Waals surface area (Å²) in [6.07, 6.45) is 1.34. The van der Waals surface area contributed by atoms with Gasteiger partial charge in [-0.05, 0) is 42.5 Å². The van der Waals surface area contributed by atoms with Gasteiger partial charge < -0.3 is 15.5 Å². The van der Waals surface area contributed by atoms with E-state index in [2.05, 4.69) is 4.98 Å². The molecule has 9 heteroatoms. The number of hydrogen-bond acceptors (Lipinski definition) is 5. The smallest absolute Gasteiger partial charge is 0.330 e. The van der Waals surface area contributed by atoms with E-state index in [1.807, 2.05) is 27.7 Å². The summed E-state index contributed by atoms with van der Waals surface area (Å²) >= 11 is 0. The van der Waals surface area contributed by atoms with Gasteiger partial charge in [0.05, 0.1) is 0 Å². The van der Waals surface area contributed by atoms with Gasteiger partial charge in [0.2, 0.25) is 5.91 Å².